The van der Waals surface area contributed by atoms with E-state index in [2.05, 4.69) is 9.72 Å². The van der Waals surface area contributed by atoms with Gasteiger partial charge in [0.15, 0.2) is 5.69 Å². The Morgan fingerprint density at radius 2 is 2.19 bits per heavy atom. The molecule has 0 atom stereocenters. The lowest BCUT2D eigenvalue weighted by Gasteiger charge is -2.04. The molecule has 2 heterocycles. The second-order valence-corrected chi connectivity index (χ2v) is 3.04. The van der Waals surface area contributed by atoms with E-state index in [1.807, 2.05) is 0 Å². The molecular weight excluding hydrogens is 212 g/mol. The summed E-state index contributed by atoms with van der Waals surface area (Å²) in [5, 5.41) is 10.8. The van der Waals surface area contributed by atoms with Crippen LogP contribution in [-0.4, -0.2) is 28.4 Å². The van der Waals surface area contributed by atoms with Crippen LogP contribution < -0.4 is 5.11 Å². The van der Waals surface area contributed by atoms with Gasteiger partial charge < -0.3 is 14.6 Å². The number of carboxylic acid groups (broad SMARTS) is 1. The number of carbonyl (C=O) groups is 2. The fourth-order valence-corrected chi connectivity index (χ4v) is 1.38. The molecule has 2 aromatic heterocycles. The van der Waals surface area contributed by atoms with Crippen molar-refractivity contribution in [3.8, 4) is 0 Å². The van der Waals surface area contributed by atoms with Gasteiger partial charge in [0.2, 0.25) is 0 Å². The van der Waals surface area contributed by atoms with Crippen LogP contribution >= 0.6 is 0 Å². The van der Waals surface area contributed by atoms with Crippen molar-refractivity contribution in [1.82, 2.24) is 9.38 Å². The molecule has 0 aliphatic heterocycles. The Labute approximate surface area is 90.1 Å². The molecule has 2 aromatic rings. The molecule has 0 fully saturated rings. The minimum absolute atomic E-state index is 0.0520. The number of rotatable bonds is 2. The molecule has 16 heavy (non-hydrogen) atoms. The van der Waals surface area contributed by atoms with Gasteiger partial charge in [0.05, 0.1) is 18.8 Å². The Kier molecular flexibility index (Phi) is 2.32. The predicted octanol–water partition coefficient (Wildman–Crippen LogP) is -0.516. The number of carboxylic acids is 1. The number of hydrogen-bond acceptors (Lipinski definition) is 5. The van der Waals surface area contributed by atoms with Crippen LogP contribution in [0.25, 0.3) is 5.65 Å². The topological polar surface area (TPSA) is 83.7 Å². The quantitative estimate of drug-likeness (QED) is 0.635. The highest BCUT2D eigenvalue weighted by molar-refractivity contribution is 5.89. The standard InChI is InChI=1S/C10H8N2O4/c1-16-10(15)6-5-12-7(9(13)14)3-2-4-8(12)11-6/h2-5H,1H3,(H,13,14)/p-1. The zero-order valence-corrected chi connectivity index (χ0v) is 8.34. The lowest BCUT2D eigenvalue weighted by atomic mass is 10.3. The number of hydrogen-bond donors (Lipinski definition) is 0. The van der Waals surface area contributed by atoms with Crippen molar-refractivity contribution in [1.29, 1.82) is 0 Å². The van der Waals surface area contributed by atoms with Crippen LogP contribution in [0.5, 0.6) is 0 Å². The molecule has 0 N–H and O–H groups in total. The van der Waals surface area contributed by atoms with Gasteiger partial charge in [0.25, 0.3) is 0 Å². The highest BCUT2D eigenvalue weighted by Gasteiger charge is 2.12. The number of esters is 1. The number of aromatic carboxylic acids is 1. The number of methoxy groups -OCH3 is 1. The first kappa shape index (κ1) is 10.2. The second kappa shape index (κ2) is 3.65. The van der Waals surface area contributed by atoms with Crippen molar-refractivity contribution in [3.63, 3.8) is 0 Å². The number of fused-ring (bicyclic) bond motifs is 1. The summed E-state index contributed by atoms with van der Waals surface area (Å²) in [7, 11) is 1.23. The van der Waals surface area contributed by atoms with E-state index in [0.717, 1.165) is 0 Å². The van der Waals surface area contributed by atoms with Gasteiger partial charge in [-0.2, -0.15) is 0 Å². The molecule has 0 saturated heterocycles. The Balaban J connectivity index is 2.65. The molecule has 0 aliphatic carbocycles. The van der Waals surface area contributed by atoms with Gasteiger partial charge in [-0.3, -0.25) is 4.40 Å². The summed E-state index contributed by atoms with van der Waals surface area (Å²) in [6.07, 6.45) is 1.30. The SMILES string of the molecule is COC(=O)c1cn2c(C(=O)[O-])cccc2n1. The number of imidazole rings is 1. The zero-order chi connectivity index (χ0) is 11.7. The molecule has 0 bridgehead atoms. The summed E-state index contributed by atoms with van der Waals surface area (Å²) in [4.78, 5) is 25.9. The first-order valence-electron chi connectivity index (χ1n) is 4.41. The van der Waals surface area contributed by atoms with Crippen molar-refractivity contribution in [2.45, 2.75) is 0 Å². The summed E-state index contributed by atoms with van der Waals surface area (Å²) in [6.45, 7) is 0. The molecule has 6 nitrogen and oxygen atoms in total. The Bertz CT molecular complexity index is 573. The molecule has 0 saturated carbocycles. The van der Waals surface area contributed by atoms with Crippen LogP contribution in [0.3, 0.4) is 0 Å². The monoisotopic (exact) mass is 219 g/mol. The minimum atomic E-state index is -1.33. The zero-order valence-electron chi connectivity index (χ0n) is 8.34. The van der Waals surface area contributed by atoms with E-state index in [-0.39, 0.29) is 11.4 Å². The maximum atomic E-state index is 11.2. The fourth-order valence-electron chi connectivity index (χ4n) is 1.38. The van der Waals surface area contributed by atoms with Crippen LogP contribution in [0, 0.1) is 0 Å². The fraction of sp³-hybridized carbons (Fsp3) is 0.100. The van der Waals surface area contributed by atoms with Gasteiger partial charge in [-0.1, -0.05) is 6.07 Å². The number of ether oxygens (including phenoxy) is 1. The van der Waals surface area contributed by atoms with Crippen LogP contribution in [0.4, 0.5) is 0 Å². The van der Waals surface area contributed by atoms with Crippen molar-refractivity contribution in [2.24, 2.45) is 0 Å². The predicted molar refractivity (Wildman–Crippen MR) is 50.9 cm³/mol. The summed E-state index contributed by atoms with van der Waals surface area (Å²) in [5.74, 6) is -1.95. The Morgan fingerprint density at radius 1 is 1.44 bits per heavy atom. The first-order chi connectivity index (χ1) is 7.63. The third-order valence-corrected chi connectivity index (χ3v) is 2.10. The molecule has 2 rings (SSSR count). The van der Waals surface area contributed by atoms with E-state index < -0.39 is 11.9 Å². The highest BCUT2D eigenvalue weighted by atomic mass is 16.5. The molecule has 0 unspecified atom stereocenters. The highest BCUT2D eigenvalue weighted by Crippen LogP contribution is 2.09. The van der Waals surface area contributed by atoms with Crippen molar-refractivity contribution in [3.05, 3.63) is 35.8 Å². The van der Waals surface area contributed by atoms with Gasteiger partial charge in [0, 0.05) is 6.20 Å². The molecular formula is C10H7N2O4-. The average Bonchev–Trinajstić information content (AvgIpc) is 2.70. The summed E-state index contributed by atoms with van der Waals surface area (Å²) < 4.78 is 5.75. The van der Waals surface area contributed by atoms with E-state index in [1.54, 1.807) is 6.07 Å². The minimum Gasteiger partial charge on any atom is -0.543 e. The van der Waals surface area contributed by atoms with E-state index in [9.17, 15) is 14.7 Å². The molecule has 0 aromatic carbocycles. The van der Waals surface area contributed by atoms with Crippen LogP contribution in [0.2, 0.25) is 0 Å². The average molecular weight is 219 g/mol. The van der Waals surface area contributed by atoms with Crippen molar-refractivity contribution in [2.75, 3.05) is 7.11 Å². The van der Waals surface area contributed by atoms with Gasteiger partial charge >= 0.3 is 5.97 Å². The first-order valence-corrected chi connectivity index (χ1v) is 4.41. The third kappa shape index (κ3) is 1.50. The lowest BCUT2D eigenvalue weighted by Crippen LogP contribution is -2.24. The van der Waals surface area contributed by atoms with E-state index in [0.29, 0.717) is 5.65 Å². The molecule has 0 amide bonds. The molecule has 0 radical (unpaired) electrons. The molecule has 0 spiro atoms. The maximum absolute atomic E-state index is 11.2. The maximum Gasteiger partial charge on any atom is 0.358 e. The molecule has 0 aliphatic rings. The smallest absolute Gasteiger partial charge is 0.358 e. The van der Waals surface area contributed by atoms with Crippen LogP contribution in [0.15, 0.2) is 24.4 Å². The van der Waals surface area contributed by atoms with Gasteiger partial charge in [-0.15, -0.1) is 0 Å². The van der Waals surface area contributed by atoms with Gasteiger partial charge in [0.1, 0.15) is 5.65 Å². The molecule has 82 valence electrons. The number of carbonyl (C=O) groups excluding carboxylic acids is 2. The Morgan fingerprint density at radius 3 is 2.81 bits per heavy atom. The van der Waals surface area contributed by atoms with Crippen molar-refractivity contribution < 1.29 is 19.4 Å². The summed E-state index contributed by atoms with van der Waals surface area (Å²) >= 11 is 0. The van der Waals surface area contributed by atoms with E-state index >= 15 is 0 Å². The third-order valence-electron chi connectivity index (χ3n) is 2.10. The van der Waals surface area contributed by atoms with Gasteiger partial charge in [-0.25, -0.2) is 9.78 Å². The normalized spacial score (nSPS) is 10.3. The summed E-state index contributed by atoms with van der Waals surface area (Å²) in [6, 6.07) is 4.47. The second-order valence-electron chi connectivity index (χ2n) is 3.04. The Hall–Kier alpha value is -2.37. The number of nitrogens with zero attached hydrogens (tertiary/aromatic N) is 2. The van der Waals surface area contributed by atoms with Crippen molar-refractivity contribution >= 4 is 17.6 Å². The largest absolute Gasteiger partial charge is 0.543 e. The summed E-state index contributed by atoms with van der Waals surface area (Å²) in [5.41, 5.74) is 0.332. The molecule has 6 heteroatoms. The van der Waals surface area contributed by atoms with E-state index in [4.69, 9.17) is 0 Å². The lowest BCUT2D eigenvalue weighted by molar-refractivity contribution is -0.255. The van der Waals surface area contributed by atoms with E-state index in [1.165, 1.54) is 29.8 Å². The van der Waals surface area contributed by atoms with Gasteiger partial charge in [-0.05, 0) is 12.1 Å². The number of aromatic nitrogens is 2. The number of pyridine rings is 1. The van der Waals surface area contributed by atoms with Crippen LogP contribution in [-0.2, 0) is 4.74 Å². The van der Waals surface area contributed by atoms with Crippen LogP contribution in [0.1, 0.15) is 21.0 Å².